The number of hydrogen-bond donors (Lipinski definition) is 2. The van der Waals surface area contributed by atoms with E-state index < -0.39 is 22.2 Å². The Balaban J connectivity index is 0.000000396. The molecule has 0 aromatic carbocycles. The van der Waals surface area contributed by atoms with Gasteiger partial charge < -0.3 is 14.7 Å². The third-order valence-corrected chi connectivity index (χ3v) is 6.71. The maximum absolute atomic E-state index is 12.0. The number of piperidine rings is 1. The SMILES string of the molecule is CCS(=O)(=O)NC1COCCC12CCN(c1ncccn1)CC2.O=C(O)C(F)(F)F. The molecule has 2 N–H and O–H groups in total. The molecule has 2 aliphatic heterocycles. The van der Waals surface area contributed by atoms with Crippen molar-refractivity contribution in [2.45, 2.75) is 38.4 Å². The smallest absolute Gasteiger partial charge is 0.475 e. The summed E-state index contributed by atoms with van der Waals surface area (Å²) in [6.45, 7) is 4.50. The van der Waals surface area contributed by atoms with Crippen LogP contribution in [-0.4, -0.2) is 73.7 Å². The Morgan fingerprint density at radius 1 is 1.30 bits per heavy atom. The number of nitrogens with one attached hydrogen (secondary N) is 1. The summed E-state index contributed by atoms with van der Waals surface area (Å²) in [5, 5.41) is 7.12. The van der Waals surface area contributed by atoms with E-state index >= 15 is 0 Å². The minimum atomic E-state index is -5.08. The highest BCUT2D eigenvalue weighted by Crippen LogP contribution is 2.41. The number of ether oxygens (including phenoxy) is 1. The summed E-state index contributed by atoms with van der Waals surface area (Å²) < 4.78 is 64.1. The van der Waals surface area contributed by atoms with Crippen LogP contribution < -0.4 is 9.62 Å². The minimum Gasteiger partial charge on any atom is -0.475 e. The molecule has 13 heteroatoms. The lowest BCUT2D eigenvalue weighted by Crippen LogP contribution is -2.57. The summed E-state index contributed by atoms with van der Waals surface area (Å²) in [6, 6.07) is 1.67. The van der Waals surface area contributed by atoms with Gasteiger partial charge in [0.15, 0.2) is 0 Å². The van der Waals surface area contributed by atoms with Gasteiger partial charge in [-0.2, -0.15) is 13.2 Å². The molecule has 0 bridgehead atoms. The van der Waals surface area contributed by atoms with E-state index in [1.54, 1.807) is 19.3 Å². The maximum Gasteiger partial charge on any atom is 0.490 e. The number of carboxylic acids is 1. The van der Waals surface area contributed by atoms with Gasteiger partial charge in [-0.1, -0.05) is 0 Å². The fourth-order valence-electron chi connectivity index (χ4n) is 3.49. The summed E-state index contributed by atoms with van der Waals surface area (Å²) in [7, 11) is -3.23. The zero-order valence-electron chi connectivity index (χ0n) is 16.4. The third-order valence-electron chi connectivity index (χ3n) is 5.31. The molecule has 1 spiro atoms. The highest BCUT2D eigenvalue weighted by molar-refractivity contribution is 7.89. The predicted octanol–water partition coefficient (Wildman–Crippen LogP) is 1.42. The zero-order chi connectivity index (χ0) is 22.4. The molecule has 0 radical (unpaired) electrons. The molecule has 170 valence electrons. The Bertz CT molecular complexity index is 799. The summed E-state index contributed by atoms with van der Waals surface area (Å²) in [4.78, 5) is 19.7. The van der Waals surface area contributed by atoms with Crippen LogP contribution in [0.15, 0.2) is 18.5 Å². The monoisotopic (exact) mass is 454 g/mol. The van der Waals surface area contributed by atoms with Gasteiger partial charge in [0.05, 0.1) is 18.4 Å². The van der Waals surface area contributed by atoms with E-state index in [2.05, 4.69) is 19.6 Å². The van der Waals surface area contributed by atoms with Crippen molar-refractivity contribution < 1.29 is 36.2 Å². The van der Waals surface area contributed by atoms with E-state index in [1.165, 1.54) is 0 Å². The Morgan fingerprint density at radius 3 is 2.37 bits per heavy atom. The number of carboxylic acid groups (broad SMARTS) is 1. The molecular formula is C17H25F3N4O5S. The first-order valence-electron chi connectivity index (χ1n) is 9.39. The molecule has 0 saturated carbocycles. The summed E-state index contributed by atoms with van der Waals surface area (Å²) >= 11 is 0. The number of sulfonamides is 1. The Labute approximate surface area is 172 Å². The van der Waals surface area contributed by atoms with E-state index in [0.717, 1.165) is 38.3 Å². The molecule has 2 saturated heterocycles. The standard InChI is InChI=1S/C15H24N4O3S.C2HF3O2/c1-2-23(20,21)18-13-12-22-11-6-15(13)4-9-19(10-5-15)14-16-7-3-8-17-14;3-2(4,5)1(6)7/h3,7-8,13,18H,2,4-6,9-12H2,1H3;(H,6,7). The first-order chi connectivity index (χ1) is 14.0. The van der Waals surface area contributed by atoms with Gasteiger partial charge in [0, 0.05) is 32.1 Å². The molecule has 3 heterocycles. The normalized spacial score (nSPS) is 21.6. The average Bonchev–Trinajstić information content (AvgIpc) is 2.71. The molecule has 2 fully saturated rings. The van der Waals surface area contributed by atoms with Crippen LogP contribution in [0.2, 0.25) is 0 Å². The molecule has 0 aliphatic carbocycles. The maximum atomic E-state index is 12.0. The van der Waals surface area contributed by atoms with Crippen molar-refractivity contribution in [3.8, 4) is 0 Å². The highest BCUT2D eigenvalue weighted by Gasteiger charge is 2.45. The van der Waals surface area contributed by atoms with Crippen LogP contribution in [0.4, 0.5) is 19.1 Å². The number of alkyl halides is 3. The van der Waals surface area contributed by atoms with Crippen LogP contribution in [0.25, 0.3) is 0 Å². The van der Waals surface area contributed by atoms with Crippen molar-refractivity contribution in [3.05, 3.63) is 18.5 Å². The van der Waals surface area contributed by atoms with Gasteiger partial charge in [-0.05, 0) is 37.7 Å². The van der Waals surface area contributed by atoms with Gasteiger partial charge >= 0.3 is 12.1 Å². The lowest BCUT2D eigenvalue weighted by Gasteiger charge is -2.48. The van der Waals surface area contributed by atoms with Crippen LogP contribution in [0.5, 0.6) is 0 Å². The molecule has 0 amide bonds. The van der Waals surface area contributed by atoms with Crippen molar-refractivity contribution in [3.63, 3.8) is 0 Å². The van der Waals surface area contributed by atoms with Gasteiger partial charge in [0.25, 0.3) is 0 Å². The van der Waals surface area contributed by atoms with Crippen molar-refractivity contribution in [1.82, 2.24) is 14.7 Å². The Hall–Kier alpha value is -1.99. The second kappa shape index (κ2) is 9.88. The number of halogens is 3. The number of aliphatic carboxylic acids is 1. The second-order valence-corrected chi connectivity index (χ2v) is 9.14. The van der Waals surface area contributed by atoms with Gasteiger partial charge in [-0.15, -0.1) is 0 Å². The Kier molecular flexibility index (Phi) is 7.99. The Morgan fingerprint density at radius 2 is 1.87 bits per heavy atom. The molecule has 30 heavy (non-hydrogen) atoms. The quantitative estimate of drug-likeness (QED) is 0.701. The van der Waals surface area contributed by atoms with E-state index in [1.807, 2.05) is 6.07 Å². The van der Waals surface area contributed by atoms with Gasteiger partial charge in [0.1, 0.15) is 0 Å². The lowest BCUT2D eigenvalue weighted by molar-refractivity contribution is -0.192. The number of carbonyl (C=O) groups is 1. The largest absolute Gasteiger partial charge is 0.490 e. The highest BCUT2D eigenvalue weighted by atomic mass is 32.2. The van der Waals surface area contributed by atoms with E-state index in [0.29, 0.717) is 13.2 Å². The number of aromatic nitrogens is 2. The fourth-order valence-corrected chi connectivity index (χ4v) is 4.41. The van der Waals surface area contributed by atoms with Gasteiger partial charge in [-0.3, -0.25) is 0 Å². The molecule has 3 rings (SSSR count). The third kappa shape index (κ3) is 6.51. The first kappa shape index (κ1) is 24.3. The number of nitrogens with zero attached hydrogens (tertiary/aromatic N) is 3. The average molecular weight is 454 g/mol. The van der Waals surface area contributed by atoms with Crippen LogP contribution in [-0.2, 0) is 19.6 Å². The predicted molar refractivity (Wildman–Crippen MR) is 101 cm³/mol. The molecular weight excluding hydrogens is 429 g/mol. The number of hydrogen-bond acceptors (Lipinski definition) is 7. The van der Waals surface area contributed by atoms with Crippen molar-refractivity contribution in [2.24, 2.45) is 5.41 Å². The molecule has 1 aromatic rings. The fraction of sp³-hybridized carbons (Fsp3) is 0.706. The minimum absolute atomic E-state index is 0.0221. The molecule has 2 aliphatic rings. The summed E-state index contributed by atoms with van der Waals surface area (Å²) in [6.07, 6.45) is 1.16. The van der Waals surface area contributed by atoms with Gasteiger partial charge in [0.2, 0.25) is 16.0 Å². The zero-order valence-corrected chi connectivity index (χ0v) is 17.2. The summed E-state index contributed by atoms with van der Waals surface area (Å²) in [5.74, 6) is -1.91. The van der Waals surface area contributed by atoms with Crippen LogP contribution >= 0.6 is 0 Å². The van der Waals surface area contributed by atoms with Crippen molar-refractivity contribution in [1.29, 1.82) is 0 Å². The van der Waals surface area contributed by atoms with Crippen molar-refractivity contribution in [2.75, 3.05) is 37.0 Å². The molecule has 1 unspecified atom stereocenters. The van der Waals surface area contributed by atoms with Crippen LogP contribution in [0.1, 0.15) is 26.2 Å². The van der Waals surface area contributed by atoms with Crippen LogP contribution in [0, 0.1) is 5.41 Å². The van der Waals surface area contributed by atoms with E-state index in [9.17, 15) is 21.6 Å². The van der Waals surface area contributed by atoms with Crippen molar-refractivity contribution >= 4 is 21.9 Å². The molecule has 9 nitrogen and oxygen atoms in total. The number of anilines is 1. The summed E-state index contributed by atoms with van der Waals surface area (Å²) in [5.41, 5.74) is -0.0221. The van der Waals surface area contributed by atoms with Gasteiger partial charge in [-0.25, -0.2) is 27.9 Å². The molecule has 1 atom stereocenters. The topological polar surface area (TPSA) is 122 Å². The first-order valence-corrected chi connectivity index (χ1v) is 11.0. The van der Waals surface area contributed by atoms with Crippen LogP contribution in [0.3, 0.4) is 0 Å². The number of rotatable bonds is 4. The lowest BCUT2D eigenvalue weighted by atomic mass is 9.69. The molecule has 1 aromatic heterocycles. The van der Waals surface area contributed by atoms with E-state index in [-0.39, 0.29) is 17.2 Å². The second-order valence-electron chi connectivity index (χ2n) is 7.10. The van der Waals surface area contributed by atoms with E-state index in [4.69, 9.17) is 14.6 Å².